The van der Waals surface area contributed by atoms with Crippen molar-refractivity contribution in [2.45, 2.75) is 57.0 Å². The summed E-state index contributed by atoms with van der Waals surface area (Å²) in [5, 5.41) is 3.54. The minimum absolute atomic E-state index is 0.385. The van der Waals surface area contributed by atoms with Crippen LogP contribution in [-0.2, 0) is 16.6 Å². The Labute approximate surface area is 128 Å². The molecule has 5 heteroatoms. The predicted molar refractivity (Wildman–Crippen MR) is 85.6 cm³/mol. The smallest absolute Gasteiger partial charge is 0.243 e. The minimum Gasteiger partial charge on any atom is -0.310 e. The number of benzene rings is 1. The number of nitrogens with zero attached hydrogens (tertiary/aromatic N) is 1. The fourth-order valence-electron chi connectivity index (χ4n) is 2.88. The molecule has 0 aromatic heterocycles. The molecule has 0 aliphatic heterocycles. The fourth-order valence-corrected chi connectivity index (χ4v) is 4.34. The van der Waals surface area contributed by atoms with Gasteiger partial charge in [0.25, 0.3) is 0 Å². The molecule has 2 rings (SSSR count). The number of hydrogen-bond acceptors (Lipinski definition) is 3. The van der Waals surface area contributed by atoms with E-state index in [-0.39, 0.29) is 0 Å². The third kappa shape index (κ3) is 4.05. The molecular formula is C16H26N2O2S. The highest BCUT2D eigenvalue weighted by Crippen LogP contribution is 2.19. The van der Waals surface area contributed by atoms with E-state index in [1.54, 1.807) is 12.1 Å². The van der Waals surface area contributed by atoms with E-state index < -0.39 is 10.0 Å². The van der Waals surface area contributed by atoms with Gasteiger partial charge < -0.3 is 5.32 Å². The minimum atomic E-state index is -3.34. The van der Waals surface area contributed by atoms with E-state index in [0.29, 0.717) is 24.0 Å². The first-order chi connectivity index (χ1) is 10.1. The second-order valence-corrected chi connectivity index (χ2v) is 7.53. The Hall–Kier alpha value is -0.910. The summed E-state index contributed by atoms with van der Waals surface area (Å²) in [5.74, 6) is 0. The zero-order chi connectivity index (χ0) is 15.3. The number of rotatable bonds is 7. The lowest BCUT2D eigenvalue weighted by molar-refractivity contribution is 0.445. The van der Waals surface area contributed by atoms with Crippen LogP contribution in [0.15, 0.2) is 29.2 Å². The zero-order valence-corrected chi connectivity index (χ0v) is 13.8. The highest BCUT2D eigenvalue weighted by Gasteiger charge is 2.21. The standard InChI is InChI=1S/C16H26N2O2S/c1-3-18(4-2)21(19,20)16-11-9-14(10-12-16)13-17-15-7-5-6-8-15/h9-12,15,17H,3-8,13H2,1-2H3. The third-order valence-corrected chi connectivity index (χ3v) is 6.28. The molecule has 0 saturated heterocycles. The molecule has 0 radical (unpaired) electrons. The monoisotopic (exact) mass is 310 g/mol. The molecule has 0 amide bonds. The predicted octanol–water partition coefficient (Wildman–Crippen LogP) is 2.75. The lowest BCUT2D eigenvalue weighted by Gasteiger charge is -2.18. The molecule has 1 aromatic carbocycles. The van der Waals surface area contributed by atoms with Gasteiger partial charge in [-0.25, -0.2) is 8.42 Å². The first-order valence-corrected chi connectivity index (χ1v) is 9.34. The second kappa shape index (κ2) is 7.38. The Morgan fingerprint density at radius 3 is 2.19 bits per heavy atom. The molecule has 21 heavy (non-hydrogen) atoms. The summed E-state index contributed by atoms with van der Waals surface area (Å²) < 4.78 is 26.3. The molecule has 1 saturated carbocycles. The summed E-state index contributed by atoms with van der Waals surface area (Å²) >= 11 is 0. The van der Waals surface area contributed by atoms with Crippen molar-refractivity contribution in [2.24, 2.45) is 0 Å². The van der Waals surface area contributed by atoms with E-state index >= 15 is 0 Å². The Balaban J connectivity index is 2.00. The lowest BCUT2D eigenvalue weighted by atomic mass is 10.2. The summed E-state index contributed by atoms with van der Waals surface area (Å²) in [5.41, 5.74) is 1.14. The first-order valence-electron chi connectivity index (χ1n) is 7.90. The van der Waals surface area contributed by atoms with Gasteiger partial charge in [-0.3, -0.25) is 0 Å². The fraction of sp³-hybridized carbons (Fsp3) is 0.625. The molecular weight excluding hydrogens is 284 g/mol. The van der Waals surface area contributed by atoms with Crippen LogP contribution < -0.4 is 5.32 Å². The van der Waals surface area contributed by atoms with E-state index in [2.05, 4.69) is 5.32 Å². The van der Waals surface area contributed by atoms with Crippen molar-refractivity contribution in [3.63, 3.8) is 0 Å². The molecule has 118 valence electrons. The molecule has 1 N–H and O–H groups in total. The second-order valence-electron chi connectivity index (χ2n) is 5.60. The van der Waals surface area contributed by atoms with Crippen LogP contribution >= 0.6 is 0 Å². The summed E-state index contributed by atoms with van der Waals surface area (Å²) in [6.07, 6.45) is 5.15. The number of sulfonamides is 1. The van der Waals surface area contributed by atoms with Crippen LogP contribution in [0, 0.1) is 0 Å². The Morgan fingerprint density at radius 2 is 1.67 bits per heavy atom. The van der Waals surface area contributed by atoms with E-state index in [0.717, 1.165) is 12.1 Å². The van der Waals surface area contributed by atoms with Crippen LogP contribution in [0.4, 0.5) is 0 Å². The van der Waals surface area contributed by atoms with E-state index in [4.69, 9.17) is 0 Å². The summed E-state index contributed by atoms with van der Waals surface area (Å²) in [6.45, 7) is 5.55. The first kappa shape index (κ1) is 16.5. The normalized spacial score (nSPS) is 16.7. The van der Waals surface area contributed by atoms with Crippen LogP contribution in [0.3, 0.4) is 0 Å². The van der Waals surface area contributed by atoms with Gasteiger partial charge in [-0.15, -0.1) is 0 Å². The van der Waals surface area contributed by atoms with Gasteiger partial charge in [-0.2, -0.15) is 4.31 Å². The van der Waals surface area contributed by atoms with Crippen LogP contribution in [0.5, 0.6) is 0 Å². The van der Waals surface area contributed by atoms with Gasteiger partial charge in [0.2, 0.25) is 10.0 Å². The Kier molecular flexibility index (Phi) is 5.79. The van der Waals surface area contributed by atoms with Gasteiger partial charge in [0.1, 0.15) is 0 Å². The van der Waals surface area contributed by atoms with Gasteiger partial charge in [0, 0.05) is 25.7 Å². The van der Waals surface area contributed by atoms with Gasteiger partial charge in [0.15, 0.2) is 0 Å². The molecule has 1 aliphatic rings. The largest absolute Gasteiger partial charge is 0.310 e. The van der Waals surface area contributed by atoms with Crippen LogP contribution in [0.1, 0.15) is 45.1 Å². The highest BCUT2D eigenvalue weighted by atomic mass is 32.2. The molecule has 1 aromatic rings. The van der Waals surface area contributed by atoms with Crippen molar-refractivity contribution in [1.29, 1.82) is 0 Å². The molecule has 0 spiro atoms. The van der Waals surface area contributed by atoms with Crippen LogP contribution in [0.2, 0.25) is 0 Å². The molecule has 1 aliphatic carbocycles. The van der Waals surface area contributed by atoms with Crippen molar-refractivity contribution in [3.05, 3.63) is 29.8 Å². The average molecular weight is 310 g/mol. The van der Waals surface area contributed by atoms with Crippen molar-refractivity contribution < 1.29 is 8.42 Å². The van der Waals surface area contributed by atoms with Crippen molar-refractivity contribution >= 4 is 10.0 Å². The van der Waals surface area contributed by atoms with Crippen LogP contribution in [0.25, 0.3) is 0 Å². The quantitative estimate of drug-likeness (QED) is 0.842. The SMILES string of the molecule is CCN(CC)S(=O)(=O)c1ccc(CNC2CCCC2)cc1. The summed E-state index contributed by atoms with van der Waals surface area (Å²) in [4.78, 5) is 0.385. The molecule has 4 nitrogen and oxygen atoms in total. The van der Waals surface area contributed by atoms with Gasteiger partial charge in [-0.05, 0) is 30.5 Å². The molecule has 0 bridgehead atoms. The third-order valence-electron chi connectivity index (χ3n) is 4.22. The maximum absolute atomic E-state index is 12.4. The average Bonchev–Trinajstić information content (AvgIpc) is 3.00. The summed E-state index contributed by atoms with van der Waals surface area (Å²) in [7, 11) is -3.34. The molecule has 0 heterocycles. The molecule has 0 unspecified atom stereocenters. The molecule has 0 atom stereocenters. The molecule has 1 fully saturated rings. The van der Waals surface area contributed by atoms with Gasteiger partial charge in [0.05, 0.1) is 4.90 Å². The van der Waals surface area contributed by atoms with Crippen molar-refractivity contribution in [2.75, 3.05) is 13.1 Å². The highest BCUT2D eigenvalue weighted by molar-refractivity contribution is 7.89. The van der Waals surface area contributed by atoms with Gasteiger partial charge >= 0.3 is 0 Å². The van der Waals surface area contributed by atoms with Gasteiger partial charge in [-0.1, -0.05) is 38.8 Å². The topological polar surface area (TPSA) is 49.4 Å². The Morgan fingerprint density at radius 1 is 1.10 bits per heavy atom. The van der Waals surface area contributed by atoms with E-state index in [1.807, 2.05) is 26.0 Å². The zero-order valence-electron chi connectivity index (χ0n) is 13.0. The van der Waals surface area contributed by atoms with E-state index in [9.17, 15) is 8.42 Å². The summed E-state index contributed by atoms with van der Waals surface area (Å²) in [6, 6.07) is 7.90. The maximum atomic E-state index is 12.4. The Bertz CT molecular complexity index is 530. The van der Waals surface area contributed by atoms with E-state index in [1.165, 1.54) is 30.0 Å². The van der Waals surface area contributed by atoms with Crippen molar-refractivity contribution in [1.82, 2.24) is 9.62 Å². The number of hydrogen-bond donors (Lipinski definition) is 1. The number of nitrogens with one attached hydrogen (secondary N) is 1. The van der Waals surface area contributed by atoms with Crippen molar-refractivity contribution in [3.8, 4) is 0 Å². The maximum Gasteiger partial charge on any atom is 0.243 e. The lowest BCUT2D eigenvalue weighted by Crippen LogP contribution is -2.30. The van der Waals surface area contributed by atoms with Crippen LogP contribution in [-0.4, -0.2) is 31.9 Å².